The van der Waals surface area contributed by atoms with E-state index in [-0.39, 0.29) is 0 Å². The van der Waals surface area contributed by atoms with E-state index in [4.69, 9.17) is 4.42 Å². The lowest BCUT2D eigenvalue weighted by molar-refractivity contribution is 0.0333. The fourth-order valence-corrected chi connectivity index (χ4v) is 1.98. The van der Waals surface area contributed by atoms with Gasteiger partial charge < -0.3 is 14.3 Å². The maximum atomic E-state index is 11.5. The van der Waals surface area contributed by atoms with Crippen LogP contribution in [0, 0.1) is 6.92 Å². The van der Waals surface area contributed by atoms with Gasteiger partial charge in [0.2, 0.25) is 0 Å². The zero-order valence-corrected chi connectivity index (χ0v) is 12.3. The largest absolute Gasteiger partial charge is 0.465 e. The average molecular weight is 269 g/mol. The Labute approximate surface area is 114 Å². The zero-order chi connectivity index (χ0) is 14.6. The minimum absolute atomic E-state index is 0.391. The summed E-state index contributed by atoms with van der Waals surface area (Å²) < 4.78 is 10.3. The van der Waals surface area contributed by atoms with Crippen LogP contribution in [0.1, 0.15) is 42.6 Å². The van der Waals surface area contributed by atoms with Crippen molar-refractivity contribution in [3.05, 3.63) is 23.2 Å². The van der Waals surface area contributed by atoms with Crippen molar-refractivity contribution < 1.29 is 19.1 Å². The Morgan fingerprint density at radius 2 is 2.16 bits per heavy atom. The van der Waals surface area contributed by atoms with Crippen LogP contribution in [0.3, 0.4) is 0 Å². The Kier molecular flexibility index (Phi) is 5.14. The predicted molar refractivity (Wildman–Crippen MR) is 72.0 cm³/mol. The lowest BCUT2D eigenvalue weighted by Gasteiger charge is -2.27. The molecular formula is C14H23NO4. The monoisotopic (exact) mass is 269 g/mol. The molecule has 1 N–H and O–H groups in total. The highest BCUT2D eigenvalue weighted by molar-refractivity contribution is 5.90. The van der Waals surface area contributed by atoms with Crippen LogP contribution < -0.4 is 0 Å². The fourth-order valence-electron chi connectivity index (χ4n) is 1.98. The molecule has 0 spiro atoms. The molecule has 0 aliphatic carbocycles. The minimum atomic E-state index is -0.761. The summed E-state index contributed by atoms with van der Waals surface area (Å²) in [5.74, 6) is 0.864. The van der Waals surface area contributed by atoms with E-state index < -0.39 is 11.6 Å². The number of carbonyl (C=O) groups is 1. The fraction of sp³-hybridized carbons (Fsp3) is 0.643. The van der Waals surface area contributed by atoms with Crippen molar-refractivity contribution in [3.8, 4) is 0 Å². The molecule has 0 saturated carbocycles. The molecule has 0 amide bonds. The van der Waals surface area contributed by atoms with Gasteiger partial charge in [-0.05, 0) is 33.4 Å². The molecule has 5 nitrogen and oxygen atoms in total. The van der Waals surface area contributed by atoms with Crippen LogP contribution in [0.5, 0.6) is 0 Å². The number of hydrogen-bond acceptors (Lipinski definition) is 5. The first-order chi connectivity index (χ1) is 8.76. The van der Waals surface area contributed by atoms with Gasteiger partial charge in [-0.15, -0.1) is 0 Å². The number of ether oxygens (including phenoxy) is 1. The third kappa shape index (κ3) is 4.69. The second-order valence-corrected chi connectivity index (χ2v) is 5.29. The molecule has 1 aromatic heterocycles. The third-order valence-corrected chi connectivity index (χ3v) is 2.81. The minimum Gasteiger partial charge on any atom is -0.465 e. The molecule has 19 heavy (non-hydrogen) atoms. The molecule has 108 valence electrons. The van der Waals surface area contributed by atoms with Gasteiger partial charge >= 0.3 is 5.97 Å². The molecule has 0 fully saturated rings. The van der Waals surface area contributed by atoms with E-state index in [1.54, 1.807) is 26.8 Å². The summed E-state index contributed by atoms with van der Waals surface area (Å²) in [7, 11) is 1.35. The van der Waals surface area contributed by atoms with Crippen molar-refractivity contribution in [2.75, 3.05) is 20.2 Å². The van der Waals surface area contributed by atoms with Gasteiger partial charge in [0.25, 0.3) is 0 Å². The van der Waals surface area contributed by atoms with Gasteiger partial charge in [0.05, 0.1) is 19.3 Å². The molecule has 0 aliphatic rings. The van der Waals surface area contributed by atoms with Crippen molar-refractivity contribution in [1.29, 1.82) is 0 Å². The van der Waals surface area contributed by atoms with Crippen molar-refractivity contribution in [1.82, 2.24) is 4.90 Å². The lowest BCUT2D eigenvalue weighted by atomic mass is 10.1. The Bertz CT molecular complexity index is 431. The first-order valence-corrected chi connectivity index (χ1v) is 6.39. The van der Waals surface area contributed by atoms with Crippen LogP contribution in [-0.4, -0.2) is 41.8 Å². The van der Waals surface area contributed by atoms with Crippen LogP contribution in [0.2, 0.25) is 0 Å². The van der Waals surface area contributed by atoms with Crippen LogP contribution >= 0.6 is 0 Å². The maximum Gasteiger partial charge on any atom is 0.341 e. The van der Waals surface area contributed by atoms with Gasteiger partial charge in [0, 0.05) is 6.54 Å². The van der Waals surface area contributed by atoms with E-state index in [2.05, 4.69) is 9.64 Å². The molecule has 0 radical (unpaired) electrons. The van der Waals surface area contributed by atoms with Crippen molar-refractivity contribution in [2.45, 2.75) is 39.8 Å². The average Bonchev–Trinajstić information content (AvgIpc) is 2.66. The lowest BCUT2D eigenvalue weighted by Crippen LogP contribution is -2.38. The van der Waals surface area contributed by atoms with Crippen molar-refractivity contribution in [3.63, 3.8) is 0 Å². The molecular weight excluding hydrogens is 246 g/mol. The summed E-state index contributed by atoms with van der Waals surface area (Å²) in [5, 5.41) is 9.84. The number of furan rings is 1. The van der Waals surface area contributed by atoms with E-state index in [9.17, 15) is 9.90 Å². The molecule has 1 rings (SSSR count). The molecule has 0 saturated heterocycles. The molecule has 1 heterocycles. The first kappa shape index (κ1) is 15.7. The zero-order valence-electron chi connectivity index (χ0n) is 12.3. The summed E-state index contributed by atoms with van der Waals surface area (Å²) >= 11 is 0. The second-order valence-electron chi connectivity index (χ2n) is 5.29. The number of carbonyl (C=O) groups excluding carboxylic acids is 1. The molecule has 0 aromatic carbocycles. The van der Waals surface area contributed by atoms with Crippen molar-refractivity contribution >= 4 is 5.97 Å². The predicted octanol–water partition coefficient (Wildman–Crippen LogP) is 1.97. The van der Waals surface area contributed by atoms with Crippen LogP contribution in [-0.2, 0) is 11.3 Å². The smallest absolute Gasteiger partial charge is 0.341 e. The summed E-state index contributed by atoms with van der Waals surface area (Å²) in [6, 6.07) is 1.70. The Balaban J connectivity index is 2.78. The molecule has 5 heteroatoms. The highest BCUT2D eigenvalue weighted by Gasteiger charge is 2.20. The van der Waals surface area contributed by atoms with Gasteiger partial charge in [-0.25, -0.2) is 4.79 Å². The molecule has 0 unspecified atom stereocenters. The molecule has 0 bridgehead atoms. The quantitative estimate of drug-likeness (QED) is 0.800. The SMILES string of the molecule is CCN(Cc1cc(C(=O)OC)c(C)o1)CC(C)(C)O. The van der Waals surface area contributed by atoms with E-state index >= 15 is 0 Å². The number of esters is 1. The van der Waals surface area contributed by atoms with Gasteiger partial charge in [0.15, 0.2) is 0 Å². The topological polar surface area (TPSA) is 62.9 Å². The molecule has 0 aliphatic heterocycles. The number of hydrogen-bond donors (Lipinski definition) is 1. The van der Waals surface area contributed by atoms with Gasteiger partial charge in [-0.2, -0.15) is 0 Å². The maximum absolute atomic E-state index is 11.5. The molecule has 0 atom stereocenters. The molecule has 1 aromatic rings. The van der Waals surface area contributed by atoms with E-state index in [0.717, 1.165) is 6.54 Å². The van der Waals surface area contributed by atoms with Gasteiger partial charge in [0.1, 0.15) is 17.1 Å². The Hall–Kier alpha value is -1.33. The van der Waals surface area contributed by atoms with E-state index in [1.807, 2.05) is 6.92 Å². The summed E-state index contributed by atoms with van der Waals surface area (Å²) in [4.78, 5) is 13.6. The Morgan fingerprint density at radius 3 is 2.63 bits per heavy atom. The number of aliphatic hydroxyl groups is 1. The number of rotatable bonds is 6. The number of aryl methyl sites for hydroxylation is 1. The summed E-state index contributed by atoms with van der Waals surface area (Å²) in [6.45, 7) is 9.17. The number of likely N-dealkylation sites (N-methyl/N-ethyl adjacent to an activating group) is 1. The van der Waals surface area contributed by atoms with Crippen LogP contribution in [0.4, 0.5) is 0 Å². The highest BCUT2D eigenvalue weighted by Crippen LogP contribution is 2.18. The summed E-state index contributed by atoms with van der Waals surface area (Å²) in [6.07, 6.45) is 0. The van der Waals surface area contributed by atoms with Crippen LogP contribution in [0.25, 0.3) is 0 Å². The van der Waals surface area contributed by atoms with Crippen molar-refractivity contribution in [2.24, 2.45) is 0 Å². The van der Waals surface area contributed by atoms with Gasteiger partial charge in [-0.1, -0.05) is 6.92 Å². The van der Waals surface area contributed by atoms with Crippen LogP contribution in [0.15, 0.2) is 10.5 Å². The van der Waals surface area contributed by atoms with Gasteiger partial charge in [-0.3, -0.25) is 4.90 Å². The first-order valence-electron chi connectivity index (χ1n) is 6.39. The third-order valence-electron chi connectivity index (χ3n) is 2.81. The normalized spacial score (nSPS) is 11.9. The summed E-state index contributed by atoms with van der Waals surface area (Å²) in [5.41, 5.74) is -0.306. The van der Waals surface area contributed by atoms with E-state index in [1.165, 1.54) is 7.11 Å². The Morgan fingerprint density at radius 1 is 1.53 bits per heavy atom. The number of methoxy groups -OCH3 is 1. The van der Waals surface area contributed by atoms with E-state index in [0.29, 0.717) is 30.2 Å². The standard InChI is InChI=1S/C14H23NO4/c1-6-15(9-14(3,4)17)8-11-7-12(10(2)19-11)13(16)18-5/h7,17H,6,8-9H2,1-5H3. The second kappa shape index (κ2) is 6.21. The highest BCUT2D eigenvalue weighted by atomic mass is 16.5. The number of nitrogens with zero attached hydrogens (tertiary/aromatic N) is 1.